The van der Waals surface area contributed by atoms with Crippen molar-refractivity contribution in [2.24, 2.45) is 11.5 Å². The molecule has 0 bridgehead atoms. The van der Waals surface area contributed by atoms with Gasteiger partial charge in [-0.05, 0) is 31.0 Å². The van der Waals surface area contributed by atoms with Gasteiger partial charge in [0.15, 0.2) is 0 Å². The zero-order chi connectivity index (χ0) is 16.3. The second-order valence-electron chi connectivity index (χ2n) is 4.84. The summed E-state index contributed by atoms with van der Waals surface area (Å²) in [6, 6.07) is 4.14. The summed E-state index contributed by atoms with van der Waals surface area (Å²) >= 11 is 3.18. The third-order valence-electron chi connectivity index (χ3n) is 3.56. The van der Waals surface area contributed by atoms with Crippen molar-refractivity contribution < 1.29 is 13.2 Å². The van der Waals surface area contributed by atoms with Gasteiger partial charge in [0, 0.05) is 22.1 Å². The number of hydrogen-bond acceptors (Lipinski definition) is 4. The quantitative estimate of drug-likeness (QED) is 0.630. The normalized spacial score (nSPS) is 11.8. The first-order chi connectivity index (χ1) is 9.69. The van der Waals surface area contributed by atoms with Gasteiger partial charge in [0.05, 0.1) is 4.90 Å². The number of primary amides is 1. The third-order valence-corrected chi connectivity index (χ3v) is 5.58. The summed E-state index contributed by atoms with van der Waals surface area (Å²) in [6.07, 6.45) is 1.13. The fraction of sp³-hybridized carbons (Fsp3) is 0.462. The Bertz CT molecular complexity index is 625. The topological polar surface area (TPSA) is 115 Å². The molecule has 0 aromatic heterocycles. The smallest absolute Gasteiger partial charge is 0.248 e. The lowest BCUT2D eigenvalue weighted by Crippen LogP contribution is -2.52. The number of sulfonamides is 1. The number of nitrogens with one attached hydrogen (secondary N) is 1. The van der Waals surface area contributed by atoms with Gasteiger partial charge in [-0.2, -0.15) is 0 Å². The Morgan fingerprint density at radius 2 is 1.82 bits per heavy atom. The number of amides is 1. The van der Waals surface area contributed by atoms with Gasteiger partial charge in [-0.1, -0.05) is 29.8 Å². The number of rotatable bonds is 7. The second kappa shape index (κ2) is 8.26. The van der Waals surface area contributed by atoms with E-state index >= 15 is 0 Å². The Labute approximate surface area is 145 Å². The number of nitrogens with two attached hydrogens (primary N) is 2. The third kappa shape index (κ3) is 4.92. The Balaban J connectivity index is 0.00000441. The van der Waals surface area contributed by atoms with E-state index in [1.165, 1.54) is 18.2 Å². The highest BCUT2D eigenvalue weighted by atomic mass is 79.9. The molecule has 0 aliphatic carbocycles. The predicted molar refractivity (Wildman–Crippen MR) is 92.6 cm³/mol. The maximum absolute atomic E-state index is 12.5. The highest BCUT2D eigenvalue weighted by Crippen LogP contribution is 2.23. The van der Waals surface area contributed by atoms with E-state index in [0.29, 0.717) is 17.3 Å². The molecule has 1 aromatic rings. The van der Waals surface area contributed by atoms with Crippen LogP contribution in [0.2, 0.25) is 0 Å². The van der Waals surface area contributed by atoms with Crippen LogP contribution >= 0.6 is 28.3 Å². The lowest BCUT2D eigenvalue weighted by Gasteiger charge is -2.31. The van der Waals surface area contributed by atoms with Crippen molar-refractivity contribution in [3.05, 3.63) is 28.2 Å². The van der Waals surface area contributed by atoms with Crippen molar-refractivity contribution in [3.8, 4) is 0 Å². The van der Waals surface area contributed by atoms with Gasteiger partial charge in [-0.3, -0.25) is 4.79 Å². The molecule has 0 aliphatic rings. The lowest BCUT2D eigenvalue weighted by molar-refractivity contribution is 0.1000. The summed E-state index contributed by atoms with van der Waals surface area (Å²) in [7, 11) is -3.80. The molecular weight excluding hydrogens is 394 g/mol. The molecule has 0 spiro atoms. The fourth-order valence-corrected chi connectivity index (χ4v) is 4.20. The summed E-state index contributed by atoms with van der Waals surface area (Å²) in [5, 5.41) is 0. The maximum Gasteiger partial charge on any atom is 0.248 e. The van der Waals surface area contributed by atoms with Gasteiger partial charge in [0.25, 0.3) is 0 Å². The molecule has 126 valence electrons. The first kappa shape index (κ1) is 21.3. The first-order valence-corrected chi connectivity index (χ1v) is 8.81. The largest absolute Gasteiger partial charge is 0.366 e. The molecule has 0 unspecified atom stereocenters. The van der Waals surface area contributed by atoms with E-state index in [9.17, 15) is 13.2 Å². The van der Waals surface area contributed by atoms with E-state index in [4.69, 9.17) is 11.5 Å². The van der Waals surface area contributed by atoms with E-state index in [1.54, 1.807) is 0 Å². The molecule has 0 saturated carbocycles. The standard InChI is InChI=1S/C13H20BrN3O3S.ClH/c1-3-13(4-2,8-15)17-21(19,20)11-6-9(12(16)18)5-10(14)7-11;/h5-7,17H,3-4,8,15H2,1-2H3,(H2,16,18);1H. The molecule has 9 heteroatoms. The van der Waals surface area contributed by atoms with Crippen LogP contribution in [-0.4, -0.2) is 26.4 Å². The zero-order valence-electron chi connectivity index (χ0n) is 12.4. The molecule has 1 aromatic carbocycles. The molecule has 22 heavy (non-hydrogen) atoms. The molecule has 6 nitrogen and oxygen atoms in total. The molecule has 5 N–H and O–H groups in total. The van der Waals surface area contributed by atoms with Crippen molar-refractivity contribution in [1.29, 1.82) is 0 Å². The average Bonchev–Trinajstić information content (AvgIpc) is 2.44. The van der Waals surface area contributed by atoms with Gasteiger partial charge in [-0.15, -0.1) is 12.4 Å². The number of halogens is 2. The molecule has 1 amide bonds. The highest BCUT2D eigenvalue weighted by Gasteiger charge is 2.31. The molecule has 0 fully saturated rings. The van der Waals surface area contributed by atoms with Crippen LogP contribution in [0.4, 0.5) is 0 Å². The Hall–Kier alpha value is -0.670. The average molecular weight is 415 g/mol. The summed E-state index contributed by atoms with van der Waals surface area (Å²) < 4.78 is 28.1. The number of carbonyl (C=O) groups is 1. The van der Waals surface area contributed by atoms with Crippen molar-refractivity contribution >= 4 is 44.3 Å². The van der Waals surface area contributed by atoms with Crippen molar-refractivity contribution in [2.75, 3.05) is 6.54 Å². The minimum absolute atomic E-state index is 0. The minimum atomic E-state index is -3.80. The van der Waals surface area contributed by atoms with E-state index in [-0.39, 0.29) is 29.4 Å². The summed E-state index contributed by atoms with van der Waals surface area (Å²) in [5.41, 5.74) is 10.3. The van der Waals surface area contributed by atoms with Crippen LogP contribution in [0, 0.1) is 0 Å². The monoisotopic (exact) mass is 413 g/mol. The highest BCUT2D eigenvalue weighted by molar-refractivity contribution is 9.10. The lowest BCUT2D eigenvalue weighted by atomic mass is 9.95. The van der Waals surface area contributed by atoms with Crippen LogP contribution in [0.5, 0.6) is 0 Å². The van der Waals surface area contributed by atoms with Crippen LogP contribution < -0.4 is 16.2 Å². The van der Waals surface area contributed by atoms with Crippen molar-refractivity contribution in [3.63, 3.8) is 0 Å². The van der Waals surface area contributed by atoms with Gasteiger partial charge < -0.3 is 11.5 Å². The molecule has 0 radical (unpaired) electrons. The van der Waals surface area contributed by atoms with Crippen LogP contribution in [0.25, 0.3) is 0 Å². The Kier molecular flexibility index (Phi) is 8.01. The maximum atomic E-state index is 12.5. The zero-order valence-corrected chi connectivity index (χ0v) is 15.6. The number of hydrogen-bond donors (Lipinski definition) is 3. The van der Waals surface area contributed by atoms with Crippen molar-refractivity contribution in [1.82, 2.24) is 4.72 Å². The van der Waals surface area contributed by atoms with Gasteiger partial charge in [0.2, 0.25) is 15.9 Å². The van der Waals surface area contributed by atoms with Gasteiger partial charge in [0.1, 0.15) is 0 Å². The van der Waals surface area contributed by atoms with Crippen LogP contribution in [0.1, 0.15) is 37.0 Å². The van der Waals surface area contributed by atoms with E-state index in [1.807, 2.05) is 13.8 Å². The van der Waals surface area contributed by atoms with Crippen LogP contribution in [0.3, 0.4) is 0 Å². The first-order valence-electron chi connectivity index (χ1n) is 6.54. The van der Waals surface area contributed by atoms with Crippen LogP contribution in [-0.2, 0) is 10.0 Å². The van der Waals surface area contributed by atoms with Crippen LogP contribution in [0.15, 0.2) is 27.6 Å². The molecular formula is C13H21BrClN3O3S. The summed E-state index contributed by atoms with van der Waals surface area (Å²) in [4.78, 5) is 11.2. The molecule has 0 aliphatic heterocycles. The molecule has 0 saturated heterocycles. The van der Waals surface area contributed by atoms with Gasteiger partial charge >= 0.3 is 0 Å². The number of carbonyl (C=O) groups excluding carboxylic acids is 1. The minimum Gasteiger partial charge on any atom is -0.366 e. The summed E-state index contributed by atoms with van der Waals surface area (Å²) in [5.74, 6) is -0.691. The number of benzene rings is 1. The fourth-order valence-electron chi connectivity index (χ4n) is 1.93. The SMILES string of the molecule is CCC(CC)(CN)NS(=O)(=O)c1cc(Br)cc(C(N)=O)c1.Cl. The molecule has 1 rings (SSSR count). The van der Waals surface area contributed by atoms with E-state index < -0.39 is 21.5 Å². The van der Waals surface area contributed by atoms with Crippen molar-refractivity contribution in [2.45, 2.75) is 37.1 Å². The molecule has 0 heterocycles. The predicted octanol–water partition coefficient (Wildman–Crippen LogP) is 1.77. The molecule has 0 atom stereocenters. The second-order valence-corrected chi connectivity index (χ2v) is 7.43. The Morgan fingerprint density at radius 1 is 1.27 bits per heavy atom. The van der Waals surface area contributed by atoms with E-state index in [0.717, 1.165) is 0 Å². The summed E-state index contributed by atoms with van der Waals surface area (Å²) in [6.45, 7) is 3.93. The van der Waals surface area contributed by atoms with Gasteiger partial charge in [-0.25, -0.2) is 13.1 Å². The van der Waals surface area contributed by atoms with E-state index in [2.05, 4.69) is 20.7 Å². The Morgan fingerprint density at radius 3 is 2.23 bits per heavy atom.